The van der Waals surface area contributed by atoms with E-state index in [1.165, 1.54) is 0 Å². The molecule has 0 N–H and O–H groups in total. The third-order valence-corrected chi connectivity index (χ3v) is 6.72. The minimum atomic E-state index is -2.32. The van der Waals surface area contributed by atoms with Crippen LogP contribution >= 0.6 is 0 Å². The number of hydrogen-bond donors (Lipinski definition) is 0. The first kappa shape index (κ1) is 11.7. The van der Waals surface area contributed by atoms with Crippen LogP contribution in [0.15, 0.2) is 60.7 Å². The van der Waals surface area contributed by atoms with Crippen LogP contribution in [0.4, 0.5) is 0 Å². The maximum atomic E-state index is 11.8. The second-order valence-electron chi connectivity index (χ2n) is 3.01. The maximum absolute atomic E-state index is 11.8. The molecule has 0 aliphatic heterocycles. The van der Waals surface area contributed by atoms with E-state index in [9.17, 15) is 3.83 Å². The summed E-state index contributed by atoms with van der Waals surface area (Å²) in [6.45, 7) is 0. The molecule has 82 valence electrons. The summed E-state index contributed by atoms with van der Waals surface area (Å²) in [4.78, 5) is 0. The Morgan fingerprint density at radius 2 is 1.44 bits per heavy atom. The van der Waals surface area contributed by atoms with Gasteiger partial charge in [0, 0.05) is 0 Å². The van der Waals surface area contributed by atoms with E-state index in [1.54, 1.807) is 0 Å². The number of benzene rings is 2. The molecule has 0 aliphatic rings. The minimum absolute atomic E-state index is 0.163. The van der Waals surface area contributed by atoms with E-state index in [2.05, 4.69) is 0 Å². The van der Waals surface area contributed by atoms with Gasteiger partial charge in [-0.1, -0.05) is 0 Å². The molecule has 0 saturated carbocycles. The zero-order valence-corrected chi connectivity index (χ0v) is 11.8. The molecule has 0 radical (unpaired) electrons. The van der Waals surface area contributed by atoms with E-state index in [1.807, 2.05) is 60.7 Å². The molecule has 4 heteroatoms. The average molecular weight is 344 g/mol. The van der Waals surface area contributed by atoms with Gasteiger partial charge in [-0.3, -0.25) is 0 Å². The van der Waals surface area contributed by atoms with E-state index >= 15 is 0 Å². The van der Waals surface area contributed by atoms with Gasteiger partial charge in [-0.2, -0.15) is 0 Å². The molecule has 16 heavy (non-hydrogen) atoms. The van der Waals surface area contributed by atoms with Gasteiger partial charge in [0.1, 0.15) is 0 Å². The fraction of sp³-hybridized carbons (Fsp3) is 0. The van der Waals surface area contributed by atoms with Gasteiger partial charge in [0.05, 0.1) is 0 Å². The van der Waals surface area contributed by atoms with Gasteiger partial charge >= 0.3 is 106 Å². The van der Waals surface area contributed by atoms with Crippen LogP contribution in [0.2, 0.25) is 0 Å². The van der Waals surface area contributed by atoms with Crippen molar-refractivity contribution in [3.63, 3.8) is 0 Å². The van der Waals surface area contributed by atoms with E-state index in [-0.39, 0.29) is 15.3 Å². The number of rotatable bonds is 4. The zero-order chi connectivity index (χ0) is 11.2. The van der Waals surface area contributed by atoms with Crippen molar-refractivity contribution in [3.05, 3.63) is 60.7 Å². The first-order valence-electron chi connectivity index (χ1n) is 4.73. The van der Waals surface area contributed by atoms with Crippen LogP contribution < -0.4 is 8.92 Å². The van der Waals surface area contributed by atoms with Crippen LogP contribution in [-0.2, 0) is 6.74 Å². The predicted molar refractivity (Wildman–Crippen MR) is 65.4 cm³/mol. The molecule has 2 aromatic carbocycles. The zero-order valence-electron chi connectivity index (χ0n) is 8.41. The van der Waals surface area contributed by atoms with E-state index in [0.29, 0.717) is 0 Å². The van der Waals surface area contributed by atoms with Crippen LogP contribution in [0, 0.1) is 0 Å². The summed E-state index contributed by atoms with van der Waals surface area (Å²) in [5, 5.41) is 0. The van der Waals surface area contributed by atoms with Crippen LogP contribution in [0.5, 0.6) is 0 Å². The average Bonchev–Trinajstić information content (AvgIpc) is 2.38. The Labute approximate surface area is 106 Å². The van der Waals surface area contributed by atoms with Crippen molar-refractivity contribution in [3.8, 4) is 0 Å². The Bertz CT molecular complexity index is 457. The molecule has 0 saturated heterocycles. The van der Waals surface area contributed by atoms with Gasteiger partial charge in [0.25, 0.3) is 0 Å². The third kappa shape index (κ3) is 3.38. The van der Waals surface area contributed by atoms with Crippen LogP contribution in [0.3, 0.4) is 0 Å². The Morgan fingerprint density at radius 1 is 0.875 bits per heavy atom. The Balaban J connectivity index is 1.95. The summed E-state index contributed by atoms with van der Waals surface area (Å²) in [7, 11) is 0. The first-order chi connectivity index (χ1) is 7.86. The molecule has 0 fully saturated rings. The van der Waals surface area contributed by atoms with E-state index in [4.69, 9.17) is 2.90 Å². The molecule has 2 nitrogen and oxygen atoms in total. The molecule has 0 amide bonds. The number of hydrogen-bond acceptors (Lipinski definition) is 2. The summed E-state index contributed by atoms with van der Waals surface area (Å²) in [5.74, 6) is 0. The Hall–Kier alpha value is -0.761. The standard InChI is InChI=1S/C12H10O2Se2/c13-16(12-9-5-2-6-10-12)14-15-11-7-3-1-4-8-11/h1-10H. The van der Waals surface area contributed by atoms with Crippen molar-refractivity contribution in [2.24, 2.45) is 0 Å². The second-order valence-corrected chi connectivity index (χ2v) is 8.09. The molecule has 0 spiro atoms. The molecule has 0 aromatic heterocycles. The SMILES string of the molecule is O=[Se](O[Se]c1ccccc1)c1ccccc1. The molecular formula is C12H10O2Se2. The molecule has 2 rings (SSSR count). The predicted octanol–water partition coefficient (Wildman–Crippen LogP) is 0.774. The van der Waals surface area contributed by atoms with Gasteiger partial charge in [-0.05, 0) is 0 Å². The van der Waals surface area contributed by atoms with E-state index in [0.717, 1.165) is 8.92 Å². The summed E-state index contributed by atoms with van der Waals surface area (Å²) in [5.41, 5.74) is 0. The fourth-order valence-electron chi connectivity index (χ4n) is 1.12. The summed E-state index contributed by atoms with van der Waals surface area (Å²) < 4.78 is 19.2. The van der Waals surface area contributed by atoms with Crippen LogP contribution in [-0.4, -0.2) is 29.4 Å². The Morgan fingerprint density at radius 3 is 2.06 bits per heavy atom. The molecule has 2 aromatic rings. The summed E-state index contributed by atoms with van der Waals surface area (Å²) in [6.07, 6.45) is 0. The molecule has 0 aliphatic carbocycles. The summed E-state index contributed by atoms with van der Waals surface area (Å²) in [6, 6.07) is 19.2. The van der Waals surface area contributed by atoms with Gasteiger partial charge in [-0.25, -0.2) is 0 Å². The molecule has 0 heterocycles. The van der Waals surface area contributed by atoms with Crippen molar-refractivity contribution in [1.82, 2.24) is 0 Å². The van der Waals surface area contributed by atoms with Crippen molar-refractivity contribution in [2.75, 3.05) is 0 Å². The molecular weight excluding hydrogens is 334 g/mol. The van der Waals surface area contributed by atoms with Gasteiger partial charge in [0.15, 0.2) is 0 Å². The topological polar surface area (TPSA) is 26.3 Å². The van der Waals surface area contributed by atoms with Crippen molar-refractivity contribution in [2.45, 2.75) is 0 Å². The fourth-order valence-corrected chi connectivity index (χ4v) is 5.32. The first-order valence-corrected chi connectivity index (χ1v) is 8.54. The second kappa shape index (κ2) is 6.09. The van der Waals surface area contributed by atoms with Crippen molar-refractivity contribution < 1.29 is 6.74 Å². The summed E-state index contributed by atoms with van der Waals surface area (Å²) >= 11 is -2.48. The molecule has 0 bridgehead atoms. The quantitative estimate of drug-likeness (QED) is 0.767. The third-order valence-electron chi connectivity index (χ3n) is 1.87. The normalized spacial score (nSPS) is 12.2. The van der Waals surface area contributed by atoms with Crippen molar-refractivity contribution in [1.29, 1.82) is 0 Å². The van der Waals surface area contributed by atoms with Crippen molar-refractivity contribution >= 4 is 38.4 Å². The molecule has 1 atom stereocenters. The van der Waals surface area contributed by atoms with Crippen LogP contribution in [0.1, 0.15) is 0 Å². The molecule has 1 unspecified atom stereocenters. The Kier molecular flexibility index (Phi) is 4.46. The van der Waals surface area contributed by atoms with Gasteiger partial charge in [0.2, 0.25) is 0 Å². The van der Waals surface area contributed by atoms with Gasteiger partial charge < -0.3 is 0 Å². The monoisotopic (exact) mass is 346 g/mol. The van der Waals surface area contributed by atoms with Gasteiger partial charge in [-0.15, -0.1) is 0 Å². The van der Waals surface area contributed by atoms with E-state index < -0.39 is 14.2 Å². The van der Waals surface area contributed by atoms with Crippen LogP contribution in [0.25, 0.3) is 0 Å².